The monoisotopic (exact) mass is 870 g/mol. The first-order valence-corrected chi connectivity index (χ1v) is 22.8. The van der Waals surface area contributed by atoms with Gasteiger partial charge in [-0.25, -0.2) is 0 Å². The molecule has 0 radical (unpaired) electrons. The van der Waals surface area contributed by atoms with Gasteiger partial charge in [-0.2, -0.15) is 0 Å². The minimum atomic E-state index is -1.73. The smallest absolute Gasteiger partial charge is 0.187 e. The highest BCUT2D eigenvalue weighted by Crippen LogP contribution is 2.73. The Morgan fingerprint density at radius 1 is 0.689 bits per heavy atom. The van der Waals surface area contributed by atoms with Crippen molar-refractivity contribution < 1.29 is 84.2 Å². The maximum Gasteiger partial charge on any atom is 0.187 e. The largest absolute Gasteiger partial charge is 0.393 e. The van der Waals surface area contributed by atoms with Gasteiger partial charge in [0, 0.05) is 17.8 Å². The molecule has 0 aromatic rings. The third-order valence-electron chi connectivity index (χ3n) is 17.9. The van der Waals surface area contributed by atoms with Crippen molar-refractivity contribution in [3.8, 4) is 0 Å². The summed E-state index contributed by atoms with van der Waals surface area (Å²) in [6, 6.07) is 0. The van der Waals surface area contributed by atoms with Crippen LogP contribution >= 0.6 is 0 Å². The van der Waals surface area contributed by atoms with Crippen molar-refractivity contribution in [2.45, 2.75) is 189 Å². The number of allylic oxidation sites excluding steroid dienone is 1. The van der Waals surface area contributed by atoms with Gasteiger partial charge in [0.15, 0.2) is 18.9 Å². The van der Waals surface area contributed by atoms with E-state index in [2.05, 4.69) is 26.8 Å². The van der Waals surface area contributed by atoms with Crippen LogP contribution in [0.15, 0.2) is 11.6 Å². The zero-order valence-electron chi connectivity index (χ0n) is 35.8. The Kier molecular flexibility index (Phi) is 12.2. The Morgan fingerprint density at radius 2 is 1.38 bits per heavy atom. The second-order valence-corrected chi connectivity index (χ2v) is 21.0. The van der Waals surface area contributed by atoms with E-state index in [4.69, 9.17) is 33.2 Å². The summed E-state index contributed by atoms with van der Waals surface area (Å²) in [4.78, 5) is 0. The van der Waals surface area contributed by atoms with Crippen LogP contribution in [0.2, 0.25) is 0 Å². The molecular weight excluding hydrogens is 800 g/mol. The number of ether oxygens (including phenoxy) is 7. The van der Waals surface area contributed by atoms with Crippen LogP contribution in [0.25, 0.3) is 0 Å². The molecule has 348 valence electrons. The molecule has 17 nitrogen and oxygen atoms in total. The van der Waals surface area contributed by atoms with Crippen LogP contribution in [0.3, 0.4) is 0 Å². The number of hydrogen-bond acceptors (Lipinski definition) is 17. The van der Waals surface area contributed by atoms with Gasteiger partial charge in [0.2, 0.25) is 0 Å². The van der Waals surface area contributed by atoms with E-state index >= 15 is 0 Å². The van der Waals surface area contributed by atoms with Crippen LogP contribution in [0.4, 0.5) is 0 Å². The molecule has 17 heteroatoms. The molecule has 4 aliphatic heterocycles. The van der Waals surface area contributed by atoms with E-state index < -0.39 is 115 Å². The summed E-state index contributed by atoms with van der Waals surface area (Å²) in [6.45, 7) is 10.0. The van der Waals surface area contributed by atoms with Gasteiger partial charge in [-0.05, 0) is 86.4 Å². The molecule has 0 aromatic carbocycles. The maximum atomic E-state index is 11.5. The van der Waals surface area contributed by atoms with Crippen LogP contribution < -0.4 is 0 Å². The molecule has 11 unspecified atom stereocenters. The van der Waals surface area contributed by atoms with Crippen LogP contribution in [0, 0.1) is 52.3 Å². The fraction of sp³-hybridized carbons (Fsp3) is 0.955. The van der Waals surface area contributed by atoms with E-state index in [-0.39, 0.29) is 42.8 Å². The number of rotatable bonds is 6. The lowest BCUT2D eigenvalue weighted by molar-refractivity contribution is -0.382. The lowest BCUT2D eigenvalue weighted by Gasteiger charge is -2.61. The Balaban J connectivity index is 0.994. The highest BCUT2D eigenvalue weighted by molar-refractivity contribution is 5.29. The number of fused-ring (bicyclic) bond motifs is 7. The molecule has 0 bridgehead atoms. The third kappa shape index (κ3) is 7.06. The van der Waals surface area contributed by atoms with Gasteiger partial charge in [0.25, 0.3) is 0 Å². The molecule has 9 aliphatic rings. The van der Waals surface area contributed by atoms with E-state index in [1.54, 1.807) is 0 Å². The first-order chi connectivity index (χ1) is 28.8. The van der Waals surface area contributed by atoms with Crippen molar-refractivity contribution >= 4 is 0 Å². The zero-order chi connectivity index (χ0) is 43.7. The van der Waals surface area contributed by atoms with E-state index in [1.807, 2.05) is 6.92 Å². The normalized spacial score (nSPS) is 59.6. The SMILES string of the molecule is CC1C2C(CC3C4CC=C5CC(O)CC(O[C@@H]6OC[C@@H](O)[C@@H](O[C@@H]7OC[C@@H](O)[C@@H](O)[C@H]7O)[C@H]6O[C@@H]6O[C@H](C)[C@@H](O)[C@@H](O)[C@H]6O)C5(C)C4CCC32C)CC12OC[C@H](C)[C@@H](O)[C@@H]2O. The van der Waals surface area contributed by atoms with Crippen molar-refractivity contribution in [3.05, 3.63) is 11.6 Å². The topological polar surface area (TPSA) is 267 Å². The lowest BCUT2D eigenvalue weighted by atomic mass is 9.46. The average molecular weight is 871 g/mol. The molecule has 61 heavy (non-hydrogen) atoms. The molecule has 8 fully saturated rings. The molecule has 1 spiro atoms. The third-order valence-corrected chi connectivity index (χ3v) is 17.9. The Hall–Kier alpha value is -0.940. The summed E-state index contributed by atoms with van der Waals surface area (Å²) in [5, 5.41) is 109. The molecule has 4 heterocycles. The minimum Gasteiger partial charge on any atom is -0.393 e. The highest BCUT2D eigenvalue weighted by atomic mass is 16.8. The van der Waals surface area contributed by atoms with Gasteiger partial charge >= 0.3 is 0 Å². The van der Waals surface area contributed by atoms with E-state index in [1.165, 1.54) is 6.92 Å². The summed E-state index contributed by atoms with van der Waals surface area (Å²) in [7, 11) is 0. The molecule has 27 atom stereocenters. The zero-order valence-corrected chi connectivity index (χ0v) is 35.8. The molecular formula is C44H70O17. The minimum absolute atomic E-state index is 0.0182. The number of hydrogen-bond donors (Lipinski definition) is 10. The second-order valence-electron chi connectivity index (χ2n) is 21.0. The Bertz CT molecular complexity index is 1620. The molecule has 0 amide bonds. The molecule has 0 aromatic heterocycles. The Morgan fingerprint density at radius 3 is 2.13 bits per heavy atom. The number of aliphatic hydroxyl groups excluding tert-OH is 10. The quantitative estimate of drug-likeness (QED) is 0.145. The fourth-order valence-electron chi connectivity index (χ4n) is 14.5. The van der Waals surface area contributed by atoms with Crippen molar-refractivity contribution in [2.24, 2.45) is 52.3 Å². The van der Waals surface area contributed by atoms with Gasteiger partial charge in [-0.3, -0.25) is 0 Å². The summed E-state index contributed by atoms with van der Waals surface area (Å²) < 4.78 is 43.6. The molecule has 5 aliphatic carbocycles. The summed E-state index contributed by atoms with van der Waals surface area (Å²) in [5.74, 6) is 1.44. The van der Waals surface area contributed by atoms with Gasteiger partial charge < -0.3 is 84.2 Å². The summed E-state index contributed by atoms with van der Waals surface area (Å²) in [5.41, 5.74) is -0.232. The van der Waals surface area contributed by atoms with Crippen LogP contribution in [0.1, 0.15) is 79.6 Å². The molecule has 9 rings (SSSR count). The van der Waals surface area contributed by atoms with E-state index in [0.29, 0.717) is 36.7 Å². The first kappa shape index (κ1) is 45.2. The maximum absolute atomic E-state index is 11.5. The molecule has 10 N–H and O–H groups in total. The predicted molar refractivity (Wildman–Crippen MR) is 210 cm³/mol. The van der Waals surface area contributed by atoms with Gasteiger partial charge in [-0.15, -0.1) is 0 Å². The van der Waals surface area contributed by atoms with Crippen LogP contribution in [-0.2, 0) is 33.2 Å². The van der Waals surface area contributed by atoms with Crippen molar-refractivity contribution in [1.29, 1.82) is 0 Å². The average Bonchev–Trinajstić information content (AvgIpc) is 3.68. The summed E-state index contributed by atoms with van der Waals surface area (Å²) >= 11 is 0. The fourth-order valence-corrected chi connectivity index (χ4v) is 14.5. The Labute approximate surface area is 356 Å². The van der Waals surface area contributed by atoms with Crippen molar-refractivity contribution in [1.82, 2.24) is 0 Å². The first-order valence-electron chi connectivity index (χ1n) is 22.8. The lowest BCUT2D eigenvalue weighted by Crippen LogP contribution is -2.65. The van der Waals surface area contributed by atoms with Gasteiger partial charge in [-0.1, -0.05) is 39.3 Å². The standard InChI is InChI=1S/C44H70O17/c1-17-14-57-44(38(54)30(17)48)13-20-10-25-23-7-6-21-11-22(45)12-28(43(21,5)24(23)8-9-42(25,4)29(20)18(44)2)59-41-37(61-40-35(53)33(51)31(49)19(3)58-40)36(27(47)16-56-41)60-39-34(52)32(50)26(46)15-55-39/h6,17-20,22-41,45-54H,7-16H2,1-5H3/t17-,18?,19+,20?,22?,23?,24?,25?,26+,27+,28?,29?,30+,31+,32+,33+,34+,35+,36+,37+,38-,39-,40-,41-,42?,43?,44?/m0/s1. The highest BCUT2D eigenvalue weighted by Gasteiger charge is 2.70. The van der Waals surface area contributed by atoms with E-state index in [0.717, 1.165) is 37.7 Å². The second kappa shape index (κ2) is 16.4. The summed E-state index contributed by atoms with van der Waals surface area (Å²) in [6.07, 6.45) is -14.7. The van der Waals surface area contributed by atoms with Crippen molar-refractivity contribution in [3.63, 3.8) is 0 Å². The van der Waals surface area contributed by atoms with Crippen molar-refractivity contribution in [2.75, 3.05) is 19.8 Å². The van der Waals surface area contributed by atoms with E-state index in [9.17, 15) is 51.1 Å². The molecule has 4 saturated carbocycles. The van der Waals surface area contributed by atoms with Crippen LogP contribution in [-0.4, -0.2) is 181 Å². The number of aliphatic hydroxyl groups is 10. The van der Waals surface area contributed by atoms with Gasteiger partial charge in [0.05, 0.1) is 49.8 Å². The van der Waals surface area contributed by atoms with Gasteiger partial charge in [0.1, 0.15) is 61.0 Å². The molecule has 4 saturated heterocycles. The van der Waals surface area contributed by atoms with Crippen LogP contribution in [0.5, 0.6) is 0 Å². The predicted octanol–water partition coefficient (Wildman–Crippen LogP) is -0.932.